The summed E-state index contributed by atoms with van der Waals surface area (Å²) in [5.41, 5.74) is 0. The molecule has 0 unspecified atom stereocenters. The Labute approximate surface area is 151 Å². The Morgan fingerprint density at radius 2 is 1.92 bits per heavy atom. The Bertz CT molecular complexity index is 720. The van der Waals surface area contributed by atoms with E-state index in [-0.39, 0.29) is 18.3 Å². The molecule has 1 aromatic carbocycles. The van der Waals surface area contributed by atoms with Crippen molar-refractivity contribution in [3.63, 3.8) is 0 Å². The van der Waals surface area contributed by atoms with Crippen LogP contribution < -0.4 is 20.3 Å². The Morgan fingerprint density at radius 1 is 1.15 bits per heavy atom. The summed E-state index contributed by atoms with van der Waals surface area (Å²) in [6.07, 6.45) is 3.93. The summed E-state index contributed by atoms with van der Waals surface area (Å²) in [5, 5.41) is 5.92. The van der Waals surface area contributed by atoms with Crippen molar-refractivity contribution in [2.75, 3.05) is 43.0 Å². The Kier molecular flexibility index (Phi) is 6.19. The van der Waals surface area contributed by atoms with Gasteiger partial charge in [-0.3, -0.25) is 4.79 Å². The van der Waals surface area contributed by atoms with Crippen molar-refractivity contribution in [2.24, 2.45) is 0 Å². The van der Waals surface area contributed by atoms with E-state index in [4.69, 9.17) is 4.74 Å². The highest BCUT2D eigenvalue weighted by Gasteiger charge is 2.13. The van der Waals surface area contributed by atoms with Crippen molar-refractivity contribution in [3.8, 4) is 5.75 Å². The zero-order valence-electron chi connectivity index (χ0n) is 14.4. The number of benzene rings is 1. The second-order valence-corrected chi connectivity index (χ2v) is 5.97. The van der Waals surface area contributed by atoms with Gasteiger partial charge in [0.05, 0.1) is 0 Å². The largest absolute Gasteiger partial charge is 0.484 e. The number of aromatic nitrogens is 2. The Balaban J connectivity index is 1.35. The fourth-order valence-electron chi connectivity index (χ4n) is 2.69. The third kappa shape index (κ3) is 5.30. The zero-order chi connectivity index (χ0) is 18.2. The SMILES string of the molecule is O=C(COc1ccc(F)cc1)NCCNc1cc(N2CCCC2)ncn1. The number of carbonyl (C=O) groups excluding carboxylic acids is 1. The summed E-state index contributed by atoms with van der Waals surface area (Å²) in [7, 11) is 0. The number of ether oxygens (including phenoxy) is 1. The monoisotopic (exact) mass is 359 g/mol. The number of halogens is 1. The van der Waals surface area contributed by atoms with Crippen LogP contribution >= 0.6 is 0 Å². The first-order valence-corrected chi connectivity index (χ1v) is 8.66. The van der Waals surface area contributed by atoms with Crippen LogP contribution in [0.2, 0.25) is 0 Å². The van der Waals surface area contributed by atoms with Gasteiger partial charge in [0, 0.05) is 32.2 Å². The van der Waals surface area contributed by atoms with E-state index in [1.54, 1.807) is 6.33 Å². The van der Waals surface area contributed by atoms with Gasteiger partial charge in [-0.2, -0.15) is 0 Å². The molecule has 1 aromatic heterocycles. The minimum absolute atomic E-state index is 0.113. The minimum Gasteiger partial charge on any atom is -0.484 e. The van der Waals surface area contributed by atoms with Crippen molar-refractivity contribution < 1.29 is 13.9 Å². The predicted molar refractivity (Wildman–Crippen MR) is 96.9 cm³/mol. The molecule has 2 aromatic rings. The first-order chi connectivity index (χ1) is 12.7. The maximum Gasteiger partial charge on any atom is 0.258 e. The maximum atomic E-state index is 12.8. The Morgan fingerprint density at radius 3 is 2.69 bits per heavy atom. The van der Waals surface area contributed by atoms with Crippen LogP contribution in [0.3, 0.4) is 0 Å². The van der Waals surface area contributed by atoms with Crippen molar-refractivity contribution in [1.82, 2.24) is 15.3 Å². The predicted octanol–water partition coefficient (Wildman–Crippen LogP) is 1.82. The molecule has 8 heteroatoms. The van der Waals surface area contributed by atoms with Gasteiger partial charge in [-0.15, -0.1) is 0 Å². The summed E-state index contributed by atoms with van der Waals surface area (Å²) in [6, 6.07) is 7.46. The lowest BCUT2D eigenvalue weighted by atomic mass is 10.3. The van der Waals surface area contributed by atoms with Crippen LogP contribution in [-0.4, -0.2) is 48.7 Å². The molecule has 1 aliphatic rings. The number of amides is 1. The van der Waals surface area contributed by atoms with Crippen LogP contribution in [0.4, 0.5) is 16.0 Å². The molecule has 2 heterocycles. The number of nitrogens with one attached hydrogen (secondary N) is 2. The highest BCUT2D eigenvalue weighted by atomic mass is 19.1. The second-order valence-electron chi connectivity index (χ2n) is 5.97. The van der Waals surface area contributed by atoms with Gasteiger partial charge in [-0.1, -0.05) is 0 Å². The molecular formula is C18H22FN5O2. The average molecular weight is 359 g/mol. The summed E-state index contributed by atoms with van der Waals surface area (Å²) in [6.45, 7) is 2.92. The van der Waals surface area contributed by atoms with Gasteiger partial charge in [0.1, 0.15) is 29.5 Å². The van der Waals surface area contributed by atoms with E-state index >= 15 is 0 Å². The van der Waals surface area contributed by atoms with Crippen LogP contribution in [0.5, 0.6) is 5.75 Å². The van der Waals surface area contributed by atoms with Gasteiger partial charge < -0.3 is 20.3 Å². The summed E-state index contributed by atoms with van der Waals surface area (Å²) in [5.74, 6) is 1.53. The summed E-state index contributed by atoms with van der Waals surface area (Å²) >= 11 is 0. The molecule has 0 aliphatic carbocycles. The Hall–Kier alpha value is -2.90. The molecule has 1 saturated heterocycles. The maximum absolute atomic E-state index is 12.8. The van der Waals surface area contributed by atoms with Gasteiger partial charge in [0.15, 0.2) is 6.61 Å². The van der Waals surface area contributed by atoms with Crippen LogP contribution in [0.1, 0.15) is 12.8 Å². The molecule has 1 fully saturated rings. The number of rotatable bonds is 8. The molecule has 0 spiro atoms. The molecule has 0 saturated carbocycles. The fourth-order valence-corrected chi connectivity index (χ4v) is 2.69. The topological polar surface area (TPSA) is 79.4 Å². The molecular weight excluding hydrogens is 337 g/mol. The second kappa shape index (κ2) is 8.98. The van der Waals surface area contributed by atoms with E-state index in [0.717, 1.165) is 24.7 Å². The fraction of sp³-hybridized carbons (Fsp3) is 0.389. The summed E-state index contributed by atoms with van der Waals surface area (Å²) < 4.78 is 18.1. The lowest BCUT2D eigenvalue weighted by Gasteiger charge is -2.16. The van der Waals surface area contributed by atoms with Crippen molar-refractivity contribution in [3.05, 3.63) is 42.5 Å². The zero-order valence-corrected chi connectivity index (χ0v) is 14.4. The van der Waals surface area contributed by atoms with Crippen molar-refractivity contribution in [2.45, 2.75) is 12.8 Å². The molecule has 1 amide bonds. The molecule has 1 aliphatic heterocycles. The van der Waals surface area contributed by atoms with Gasteiger partial charge in [0.2, 0.25) is 0 Å². The third-order valence-corrected chi connectivity index (χ3v) is 4.02. The van der Waals surface area contributed by atoms with E-state index in [1.807, 2.05) is 6.07 Å². The highest BCUT2D eigenvalue weighted by Crippen LogP contribution is 2.19. The number of nitrogens with zero attached hydrogens (tertiary/aromatic N) is 3. The lowest BCUT2D eigenvalue weighted by molar-refractivity contribution is -0.123. The third-order valence-electron chi connectivity index (χ3n) is 4.02. The van der Waals surface area contributed by atoms with E-state index in [1.165, 1.54) is 37.1 Å². The average Bonchev–Trinajstić information content (AvgIpc) is 3.20. The standard InChI is InChI=1S/C18H22FN5O2/c19-14-3-5-15(6-4-14)26-12-18(25)21-8-7-20-16-11-17(23-13-22-16)24-9-1-2-10-24/h3-6,11,13H,1-2,7-10,12H2,(H,21,25)(H,20,22,23). The van der Waals surface area contributed by atoms with Crippen LogP contribution in [0.15, 0.2) is 36.7 Å². The number of carbonyl (C=O) groups is 1. The first kappa shape index (κ1) is 17.9. The van der Waals surface area contributed by atoms with Crippen molar-refractivity contribution in [1.29, 1.82) is 0 Å². The minimum atomic E-state index is -0.342. The molecule has 0 bridgehead atoms. The number of hydrogen-bond acceptors (Lipinski definition) is 6. The van der Waals surface area contributed by atoms with Crippen molar-refractivity contribution >= 4 is 17.5 Å². The highest BCUT2D eigenvalue weighted by molar-refractivity contribution is 5.77. The normalized spacial score (nSPS) is 13.5. The van der Waals surface area contributed by atoms with Gasteiger partial charge in [0.25, 0.3) is 5.91 Å². The molecule has 0 atom stereocenters. The first-order valence-electron chi connectivity index (χ1n) is 8.66. The summed E-state index contributed by atoms with van der Waals surface area (Å²) in [4.78, 5) is 22.5. The number of anilines is 2. The van der Waals surface area contributed by atoms with Crippen LogP contribution in [0.25, 0.3) is 0 Å². The molecule has 138 valence electrons. The molecule has 7 nitrogen and oxygen atoms in total. The lowest BCUT2D eigenvalue weighted by Crippen LogP contribution is -2.32. The molecule has 3 rings (SSSR count). The molecule has 0 radical (unpaired) electrons. The number of hydrogen-bond donors (Lipinski definition) is 2. The molecule has 26 heavy (non-hydrogen) atoms. The smallest absolute Gasteiger partial charge is 0.258 e. The van der Waals surface area contributed by atoms with Gasteiger partial charge in [-0.05, 0) is 37.1 Å². The molecule has 2 N–H and O–H groups in total. The van der Waals surface area contributed by atoms with E-state index in [0.29, 0.717) is 18.8 Å². The van der Waals surface area contributed by atoms with E-state index < -0.39 is 0 Å². The van der Waals surface area contributed by atoms with Crippen LogP contribution in [0, 0.1) is 5.82 Å². The van der Waals surface area contributed by atoms with E-state index in [2.05, 4.69) is 25.5 Å². The quantitative estimate of drug-likeness (QED) is 0.700. The van der Waals surface area contributed by atoms with Gasteiger partial charge >= 0.3 is 0 Å². The van der Waals surface area contributed by atoms with Crippen LogP contribution in [-0.2, 0) is 4.79 Å². The van der Waals surface area contributed by atoms with Gasteiger partial charge in [-0.25, -0.2) is 14.4 Å². The van der Waals surface area contributed by atoms with E-state index in [9.17, 15) is 9.18 Å².